The minimum absolute atomic E-state index is 0.169. The van der Waals surface area contributed by atoms with Gasteiger partial charge in [-0.3, -0.25) is 4.79 Å². The van der Waals surface area contributed by atoms with Crippen molar-refractivity contribution in [1.29, 1.82) is 0 Å². The number of nitrogens with one attached hydrogen (secondary N) is 1. The van der Waals surface area contributed by atoms with E-state index in [1.54, 1.807) is 6.08 Å². The number of hydrogen-bond acceptors (Lipinski definition) is 8. The van der Waals surface area contributed by atoms with Crippen LogP contribution in [0, 0.1) is 0 Å². The van der Waals surface area contributed by atoms with E-state index in [1.807, 2.05) is 6.08 Å². The van der Waals surface area contributed by atoms with Crippen molar-refractivity contribution in [3.05, 3.63) is 12.2 Å². The summed E-state index contributed by atoms with van der Waals surface area (Å²) in [5.41, 5.74) is 0. The van der Waals surface area contributed by atoms with E-state index < -0.39 is 49.5 Å². The Balaban J connectivity index is 2.04. The Morgan fingerprint density at radius 3 is 1.04 bits per heavy atom. The van der Waals surface area contributed by atoms with Crippen LogP contribution in [0.3, 0.4) is 0 Å². The molecule has 0 aromatic carbocycles. The summed E-state index contributed by atoms with van der Waals surface area (Å²) in [5, 5.41) is 54.6. The number of amides is 1. The first-order valence-corrected chi connectivity index (χ1v) is 33.4. The van der Waals surface area contributed by atoms with Crippen LogP contribution in [0.4, 0.5) is 0 Å². The summed E-state index contributed by atoms with van der Waals surface area (Å²) >= 11 is 0. The summed E-state index contributed by atoms with van der Waals surface area (Å²) in [6.45, 7) is 3.82. The van der Waals surface area contributed by atoms with Crippen LogP contribution in [0.2, 0.25) is 0 Å². The lowest BCUT2D eigenvalue weighted by Gasteiger charge is -2.40. The minimum atomic E-state index is -1.56. The fourth-order valence-corrected chi connectivity index (χ4v) is 11.1. The number of aliphatic hydroxyl groups is 5. The van der Waals surface area contributed by atoms with Gasteiger partial charge in [0.1, 0.15) is 24.4 Å². The molecular formula is C66H129NO8. The zero-order valence-electron chi connectivity index (χ0n) is 49.8. The Morgan fingerprint density at radius 1 is 0.440 bits per heavy atom. The van der Waals surface area contributed by atoms with Gasteiger partial charge in [-0.1, -0.05) is 334 Å². The lowest BCUT2D eigenvalue weighted by molar-refractivity contribution is -0.302. The summed E-state index contributed by atoms with van der Waals surface area (Å²) in [7, 11) is 0. The van der Waals surface area contributed by atoms with Crippen molar-refractivity contribution in [3.8, 4) is 0 Å². The molecule has 1 fully saturated rings. The highest BCUT2D eigenvalue weighted by atomic mass is 16.7. The molecule has 7 atom stereocenters. The topological polar surface area (TPSA) is 149 Å². The monoisotopic (exact) mass is 1060 g/mol. The van der Waals surface area contributed by atoms with Crippen LogP contribution in [-0.4, -0.2) is 87.5 Å². The maximum Gasteiger partial charge on any atom is 0.220 e. The maximum absolute atomic E-state index is 13.1. The molecule has 1 saturated heterocycles. The van der Waals surface area contributed by atoms with E-state index in [9.17, 15) is 30.3 Å². The van der Waals surface area contributed by atoms with Gasteiger partial charge in [-0.05, 0) is 19.3 Å². The standard InChI is InChI=1S/C66H129NO8/c1-3-5-7-9-11-13-15-17-19-20-21-22-23-24-25-26-27-28-29-30-31-32-33-34-35-36-37-38-39-40-42-44-46-48-50-52-54-56-62(70)67-59(58-74-66-65(73)64(72)63(71)61(57-68)75-66)60(69)55-53-51-49-47-45-43-41-18-16-14-12-10-8-6-4-2/h53,55,59-61,63-66,68-69,71-73H,3-52,54,56-58H2,1-2H3,(H,67,70)/b55-53+. The Kier molecular flexibility index (Phi) is 53.9. The van der Waals surface area contributed by atoms with Crippen molar-refractivity contribution in [1.82, 2.24) is 5.32 Å². The molecular weight excluding hydrogens is 935 g/mol. The van der Waals surface area contributed by atoms with Crippen molar-refractivity contribution in [2.24, 2.45) is 0 Å². The third-order valence-corrected chi connectivity index (χ3v) is 16.4. The van der Waals surface area contributed by atoms with E-state index in [0.717, 1.165) is 38.5 Å². The summed E-state index contributed by atoms with van der Waals surface area (Å²) in [6.07, 6.45) is 64.7. The number of hydrogen-bond donors (Lipinski definition) is 6. The number of ether oxygens (including phenoxy) is 2. The number of rotatable bonds is 59. The van der Waals surface area contributed by atoms with Crippen LogP contribution in [0.5, 0.6) is 0 Å². The van der Waals surface area contributed by atoms with Crippen LogP contribution in [0.15, 0.2) is 12.2 Å². The molecule has 1 heterocycles. The van der Waals surface area contributed by atoms with Crippen molar-refractivity contribution >= 4 is 5.91 Å². The van der Waals surface area contributed by atoms with Gasteiger partial charge < -0.3 is 40.3 Å². The molecule has 1 rings (SSSR count). The number of carbonyl (C=O) groups excluding carboxylic acids is 1. The third-order valence-electron chi connectivity index (χ3n) is 16.4. The van der Waals surface area contributed by atoms with Gasteiger partial charge in [0.25, 0.3) is 0 Å². The number of allylic oxidation sites excluding steroid dienone is 1. The van der Waals surface area contributed by atoms with Gasteiger partial charge in [0.15, 0.2) is 6.29 Å². The first-order valence-electron chi connectivity index (χ1n) is 33.4. The van der Waals surface area contributed by atoms with Crippen molar-refractivity contribution in [3.63, 3.8) is 0 Å². The van der Waals surface area contributed by atoms with E-state index >= 15 is 0 Å². The van der Waals surface area contributed by atoms with Crippen molar-refractivity contribution in [2.45, 2.75) is 391 Å². The molecule has 0 radical (unpaired) electrons. The lowest BCUT2D eigenvalue weighted by Crippen LogP contribution is -2.60. The van der Waals surface area contributed by atoms with Crippen LogP contribution in [-0.2, 0) is 14.3 Å². The van der Waals surface area contributed by atoms with Gasteiger partial charge in [0.05, 0.1) is 25.4 Å². The average Bonchev–Trinajstić information content (AvgIpc) is 3.41. The minimum Gasteiger partial charge on any atom is -0.394 e. The summed E-state index contributed by atoms with van der Waals surface area (Å²) < 4.78 is 11.3. The van der Waals surface area contributed by atoms with E-state index in [2.05, 4.69) is 19.2 Å². The van der Waals surface area contributed by atoms with Crippen molar-refractivity contribution in [2.75, 3.05) is 13.2 Å². The Labute approximate surface area is 465 Å². The second kappa shape index (κ2) is 56.2. The fourth-order valence-electron chi connectivity index (χ4n) is 11.1. The van der Waals surface area contributed by atoms with Gasteiger partial charge >= 0.3 is 0 Å². The molecule has 1 amide bonds. The smallest absolute Gasteiger partial charge is 0.220 e. The van der Waals surface area contributed by atoms with Gasteiger partial charge in [0.2, 0.25) is 5.91 Å². The number of unbranched alkanes of at least 4 members (excludes halogenated alkanes) is 49. The number of aliphatic hydroxyl groups excluding tert-OH is 5. The predicted octanol–water partition coefficient (Wildman–Crippen LogP) is 17.5. The largest absolute Gasteiger partial charge is 0.394 e. The molecule has 0 bridgehead atoms. The van der Waals surface area contributed by atoms with Gasteiger partial charge in [0, 0.05) is 6.42 Å². The molecule has 0 saturated carbocycles. The summed E-state index contributed by atoms with van der Waals surface area (Å²) in [5.74, 6) is -0.169. The molecule has 1 aliphatic rings. The molecule has 9 heteroatoms. The highest BCUT2D eigenvalue weighted by Crippen LogP contribution is 2.23. The SMILES string of the molecule is CCCCCCCCCCCCCCC/C=C/C(O)C(COC1OC(CO)C(O)C(O)C1O)NC(=O)CCCCCCCCCCCCCCCCCCCCCCCCCCCCCCCCCCCCCCC. The molecule has 0 aromatic rings. The van der Waals surface area contributed by atoms with Gasteiger partial charge in [-0.15, -0.1) is 0 Å². The molecule has 75 heavy (non-hydrogen) atoms. The predicted molar refractivity (Wildman–Crippen MR) is 318 cm³/mol. The molecule has 0 spiro atoms. The second-order valence-corrected chi connectivity index (χ2v) is 23.6. The number of carbonyl (C=O) groups is 1. The van der Waals surface area contributed by atoms with E-state index in [4.69, 9.17) is 9.47 Å². The molecule has 9 nitrogen and oxygen atoms in total. The lowest BCUT2D eigenvalue weighted by atomic mass is 9.99. The Morgan fingerprint density at radius 2 is 0.733 bits per heavy atom. The molecule has 446 valence electrons. The Bertz CT molecular complexity index is 1190. The molecule has 6 N–H and O–H groups in total. The van der Waals surface area contributed by atoms with E-state index in [0.29, 0.717) is 6.42 Å². The molecule has 0 aliphatic carbocycles. The van der Waals surface area contributed by atoms with Crippen LogP contribution in [0.25, 0.3) is 0 Å². The van der Waals surface area contributed by atoms with E-state index in [-0.39, 0.29) is 12.5 Å². The highest BCUT2D eigenvalue weighted by Gasteiger charge is 2.44. The maximum atomic E-state index is 13.1. The normalized spacial score (nSPS) is 18.8. The van der Waals surface area contributed by atoms with Crippen LogP contribution in [0.1, 0.15) is 348 Å². The first kappa shape index (κ1) is 71.9. The second-order valence-electron chi connectivity index (χ2n) is 23.6. The van der Waals surface area contributed by atoms with Gasteiger partial charge in [-0.25, -0.2) is 0 Å². The zero-order chi connectivity index (χ0) is 54.3. The average molecular weight is 1060 g/mol. The summed E-state index contributed by atoms with van der Waals surface area (Å²) in [4.78, 5) is 13.1. The zero-order valence-corrected chi connectivity index (χ0v) is 49.8. The molecule has 7 unspecified atom stereocenters. The summed E-state index contributed by atoms with van der Waals surface area (Å²) in [6, 6.07) is -0.800. The van der Waals surface area contributed by atoms with Gasteiger partial charge in [-0.2, -0.15) is 0 Å². The van der Waals surface area contributed by atoms with Crippen LogP contribution >= 0.6 is 0 Å². The third kappa shape index (κ3) is 45.4. The first-order chi connectivity index (χ1) is 36.8. The quantitative estimate of drug-likeness (QED) is 0.0261. The van der Waals surface area contributed by atoms with E-state index in [1.165, 1.54) is 289 Å². The Hall–Kier alpha value is -1.07. The van der Waals surface area contributed by atoms with Crippen LogP contribution < -0.4 is 5.32 Å². The fraction of sp³-hybridized carbons (Fsp3) is 0.955. The molecule has 1 aliphatic heterocycles. The highest BCUT2D eigenvalue weighted by molar-refractivity contribution is 5.76. The molecule has 0 aromatic heterocycles. The van der Waals surface area contributed by atoms with Crippen molar-refractivity contribution < 1.29 is 39.8 Å².